The van der Waals surface area contributed by atoms with Crippen molar-refractivity contribution >= 4 is 30.1 Å². The van der Waals surface area contributed by atoms with Gasteiger partial charge in [0.1, 0.15) is 53.2 Å². The van der Waals surface area contributed by atoms with Crippen molar-refractivity contribution in [2.24, 2.45) is 17.8 Å². The highest BCUT2D eigenvalue weighted by atomic mass is 32.2. The molecule has 3 fully saturated rings. The van der Waals surface area contributed by atoms with Crippen LogP contribution in [0.2, 0.25) is 0 Å². The number of pyridine rings is 3. The normalized spacial score (nSPS) is 18.3. The molecule has 81 heavy (non-hydrogen) atoms. The van der Waals surface area contributed by atoms with Crippen LogP contribution in [0.15, 0.2) is 72.8 Å². The van der Waals surface area contributed by atoms with Crippen LogP contribution in [0.25, 0.3) is 33.4 Å². The Morgan fingerprint density at radius 3 is 0.926 bits per heavy atom. The van der Waals surface area contributed by atoms with Crippen LogP contribution in [-0.2, 0) is 33.5 Å². The minimum absolute atomic E-state index is 0.0702. The molecular weight excluding hydrogens is 1080 g/mol. The minimum atomic E-state index is -0.683. The van der Waals surface area contributed by atoms with Crippen molar-refractivity contribution < 1.29 is 73.0 Å². The van der Waals surface area contributed by atoms with Crippen molar-refractivity contribution in [1.82, 2.24) is 15.0 Å². The summed E-state index contributed by atoms with van der Waals surface area (Å²) in [4.78, 5) is 49.6. The van der Waals surface area contributed by atoms with Crippen LogP contribution in [0, 0.1) is 52.7 Å². The lowest BCUT2D eigenvalue weighted by Crippen LogP contribution is -2.26. The Morgan fingerprint density at radius 1 is 0.444 bits per heavy atom. The highest BCUT2D eigenvalue weighted by Crippen LogP contribution is 2.46. The predicted molar refractivity (Wildman–Crippen MR) is 288 cm³/mol. The summed E-state index contributed by atoms with van der Waals surface area (Å²) in [7, 11) is 0. The van der Waals surface area contributed by atoms with Gasteiger partial charge in [-0.2, -0.15) is 3.89 Å². The molecule has 3 saturated carbocycles. The summed E-state index contributed by atoms with van der Waals surface area (Å²) in [6.07, 6.45) is 13.0. The first-order valence-electron chi connectivity index (χ1n) is 27.3. The van der Waals surface area contributed by atoms with Crippen molar-refractivity contribution in [1.29, 1.82) is 0 Å². The number of nitrogens with zero attached hydrogens (tertiary/aromatic N) is 3. The number of rotatable bonds is 12. The Bertz CT molecular complexity index is 2960. The summed E-state index contributed by atoms with van der Waals surface area (Å²) in [5, 5.41) is 0. The highest BCUT2D eigenvalue weighted by Gasteiger charge is 2.40. The lowest BCUT2D eigenvalue weighted by Gasteiger charge is -2.27. The van der Waals surface area contributed by atoms with E-state index in [9.17, 15) is 44.6 Å². The fourth-order valence-electron chi connectivity index (χ4n) is 10.3. The zero-order chi connectivity index (χ0) is 57.5. The molecule has 0 bridgehead atoms. The molecule has 0 saturated heterocycles. The van der Waals surface area contributed by atoms with Crippen LogP contribution in [0.4, 0.5) is 30.2 Å². The molecule has 0 radical (unpaired) electrons. The number of benzene rings is 3. The van der Waals surface area contributed by atoms with Crippen molar-refractivity contribution in [3.8, 4) is 51.0 Å². The van der Waals surface area contributed by atoms with Crippen LogP contribution in [0.1, 0.15) is 127 Å². The fourth-order valence-corrected chi connectivity index (χ4v) is 10.3. The maximum absolute atomic E-state index is 14.4. The average molecular weight is 1140 g/mol. The molecular formula is C61H60F7N3O9S. The molecule has 3 atom stereocenters. The van der Waals surface area contributed by atoms with Gasteiger partial charge in [0.15, 0.2) is 17.1 Å². The molecule has 12 rings (SSSR count). The summed E-state index contributed by atoms with van der Waals surface area (Å²) < 4.78 is 126. The number of fused-ring (bicyclic) bond motifs is 3. The summed E-state index contributed by atoms with van der Waals surface area (Å²) in [5.41, 5.74) is 4.65. The highest BCUT2D eigenvalue weighted by molar-refractivity contribution is 7.93. The average Bonchev–Trinajstić information content (AvgIpc) is 4.48. The Kier molecular flexibility index (Phi) is 18.9. The number of ether oxygens (including phenoxy) is 6. The Morgan fingerprint density at radius 2 is 0.704 bits per heavy atom. The number of carbonyl (C=O) groups excluding carboxylic acids is 3. The smallest absolute Gasteiger partial charge is 0.357 e. The van der Waals surface area contributed by atoms with Crippen molar-refractivity contribution in [3.05, 3.63) is 141 Å². The molecule has 428 valence electrons. The first-order valence-corrected chi connectivity index (χ1v) is 28.4. The van der Waals surface area contributed by atoms with Gasteiger partial charge < -0.3 is 28.4 Å². The first-order chi connectivity index (χ1) is 39.1. The second-order valence-corrected chi connectivity index (χ2v) is 20.6. The maximum Gasteiger partial charge on any atom is 0.357 e. The van der Waals surface area contributed by atoms with Gasteiger partial charge in [0.05, 0.1) is 19.8 Å². The van der Waals surface area contributed by atoms with Crippen LogP contribution in [0.3, 0.4) is 0 Å². The summed E-state index contributed by atoms with van der Waals surface area (Å²) in [6, 6.07) is 14.8. The largest absolute Gasteiger partial charge is 0.474 e. The molecule has 6 aliphatic rings. The second kappa shape index (κ2) is 26.1. The van der Waals surface area contributed by atoms with Gasteiger partial charge in [-0.25, -0.2) is 55.7 Å². The minimum Gasteiger partial charge on any atom is -0.474 e. The molecule has 3 aromatic carbocycles. The van der Waals surface area contributed by atoms with E-state index in [4.69, 9.17) is 28.4 Å². The summed E-state index contributed by atoms with van der Waals surface area (Å²) in [6.45, 7) is 5.75. The van der Waals surface area contributed by atoms with Crippen LogP contribution < -0.4 is 14.2 Å². The number of halogens is 7. The SMILES string of the molecule is CCOC(=O)c1cc(-c2ccc(F)cc2F)c2c(n1)OC(C1CC1)CC2.CCOC(=O)c1cc(-c2ccc(F)cc2F)c2c(n1)O[C@@H](C1CC1)CC2.CCOC(=O)c1cc(-c2ccc(F)cc2F)c2c(n1)O[C@H](C1CC1)CC2.CSF. The molecule has 0 amide bonds. The molecule has 6 heterocycles. The van der Waals surface area contributed by atoms with Gasteiger partial charge in [0, 0.05) is 70.0 Å². The third-order valence-electron chi connectivity index (χ3n) is 14.6. The summed E-state index contributed by atoms with van der Waals surface area (Å²) in [5.74, 6) is -3.09. The number of hydrogen-bond acceptors (Lipinski definition) is 13. The first kappa shape index (κ1) is 58.4. The quantitative estimate of drug-likeness (QED) is 0.0651. The number of esters is 3. The number of hydrogen-bond donors (Lipinski definition) is 0. The van der Waals surface area contributed by atoms with Gasteiger partial charge in [0.2, 0.25) is 17.6 Å². The van der Waals surface area contributed by atoms with E-state index in [0.717, 1.165) is 92.7 Å². The molecule has 3 aliphatic carbocycles. The third kappa shape index (κ3) is 14.1. The zero-order valence-corrected chi connectivity index (χ0v) is 45.9. The van der Waals surface area contributed by atoms with Gasteiger partial charge in [-0.1, -0.05) is 0 Å². The van der Waals surface area contributed by atoms with E-state index in [2.05, 4.69) is 15.0 Å². The van der Waals surface area contributed by atoms with Gasteiger partial charge in [-0.15, -0.1) is 0 Å². The Hall–Kier alpha value is -7.22. The van der Waals surface area contributed by atoms with E-state index in [0.29, 0.717) is 71.3 Å². The standard InChI is InChI=1S/3C20H19F2NO3.CH3FS/c3*1-2-25-20(24)17-10-15(13-6-5-12(21)9-16(13)22)14-7-8-18(11-3-4-11)26-19(14)23-17;1-3-2/h3*5-6,9-11,18H,2-4,7-8H2,1H3;1H3/t2*18-;;/m10../s1. The van der Waals surface area contributed by atoms with Crippen molar-refractivity contribution in [2.45, 2.75) is 116 Å². The maximum atomic E-state index is 14.4. The summed E-state index contributed by atoms with van der Waals surface area (Å²) >= 11 is 0.250. The molecule has 12 nitrogen and oxygen atoms in total. The van der Waals surface area contributed by atoms with E-state index in [1.165, 1.54) is 60.9 Å². The predicted octanol–water partition coefficient (Wildman–Crippen LogP) is 14.2. The van der Waals surface area contributed by atoms with Crippen LogP contribution >= 0.6 is 12.1 Å². The lowest BCUT2D eigenvalue weighted by atomic mass is 9.93. The van der Waals surface area contributed by atoms with Gasteiger partial charge in [0.25, 0.3) is 0 Å². The monoisotopic (exact) mass is 1140 g/mol. The number of aromatic nitrogens is 3. The van der Waals surface area contributed by atoms with Crippen LogP contribution in [-0.4, -0.2) is 77.2 Å². The second-order valence-electron chi connectivity index (χ2n) is 20.3. The molecule has 3 aromatic heterocycles. The topological polar surface area (TPSA) is 145 Å². The number of carbonyl (C=O) groups is 3. The molecule has 0 spiro atoms. The molecule has 1 unspecified atom stereocenters. The molecule has 0 N–H and O–H groups in total. The molecule has 6 aromatic rings. The molecule has 20 heteroatoms. The lowest BCUT2D eigenvalue weighted by molar-refractivity contribution is 0.0507. The van der Waals surface area contributed by atoms with Crippen molar-refractivity contribution in [3.63, 3.8) is 0 Å². The molecule has 3 aliphatic heterocycles. The third-order valence-corrected chi connectivity index (χ3v) is 14.6. The Labute approximate surface area is 468 Å². The van der Waals surface area contributed by atoms with E-state index in [-0.39, 0.29) is 84.1 Å². The van der Waals surface area contributed by atoms with E-state index >= 15 is 0 Å². The van der Waals surface area contributed by atoms with Crippen LogP contribution in [0.5, 0.6) is 17.6 Å². The van der Waals surface area contributed by atoms with Gasteiger partial charge >= 0.3 is 17.9 Å². The fraction of sp³-hybridized carbons (Fsp3) is 0.410. The van der Waals surface area contributed by atoms with Gasteiger partial charge in [-0.3, -0.25) is 0 Å². The van der Waals surface area contributed by atoms with E-state index in [1.807, 2.05) is 0 Å². The van der Waals surface area contributed by atoms with E-state index in [1.54, 1.807) is 20.8 Å². The zero-order valence-electron chi connectivity index (χ0n) is 45.1. The van der Waals surface area contributed by atoms with Crippen molar-refractivity contribution in [2.75, 3.05) is 26.1 Å². The van der Waals surface area contributed by atoms with Gasteiger partial charge in [-0.05, 0) is 187 Å². The Balaban J connectivity index is 0.000000143. The van der Waals surface area contributed by atoms with E-state index < -0.39 is 52.8 Å².